The van der Waals surface area contributed by atoms with Gasteiger partial charge in [0.1, 0.15) is 11.9 Å². The van der Waals surface area contributed by atoms with Crippen LogP contribution in [-0.4, -0.2) is 41.8 Å². The van der Waals surface area contributed by atoms with E-state index in [1.807, 2.05) is 13.0 Å². The molecular weight excluding hydrogens is 336 g/mol. The molecule has 2 heterocycles. The Labute approximate surface area is 161 Å². The lowest BCUT2D eigenvalue weighted by Gasteiger charge is -2.36. The summed E-state index contributed by atoms with van der Waals surface area (Å²) in [7, 11) is 0. The highest BCUT2D eigenvalue weighted by atomic mass is 16.1. The summed E-state index contributed by atoms with van der Waals surface area (Å²) in [4.78, 5) is 21.1. The second-order valence-electron chi connectivity index (χ2n) is 7.29. The van der Waals surface area contributed by atoms with Crippen molar-refractivity contribution in [2.24, 2.45) is 0 Å². The van der Waals surface area contributed by atoms with Crippen LogP contribution in [0.5, 0.6) is 0 Å². The van der Waals surface area contributed by atoms with Crippen LogP contribution in [0.15, 0.2) is 24.4 Å². The van der Waals surface area contributed by atoms with Crippen LogP contribution in [0.25, 0.3) is 0 Å². The lowest BCUT2D eigenvalue weighted by Crippen LogP contribution is -2.46. The maximum Gasteiger partial charge on any atom is 0.160 e. The van der Waals surface area contributed by atoms with Crippen LogP contribution >= 0.6 is 0 Å². The summed E-state index contributed by atoms with van der Waals surface area (Å²) in [5, 5.41) is 9.30. The number of carbonyl (C=O) groups is 1. The van der Waals surface area contributed by atoms with Gasteiger partial charge in [0.05, 0.1) is 5.56 Å². The number of ketones is 1. The van der Waals surface area contributed by atoms with Crippen molar-refractivity contribution >= 4 is 11.6 Å². The summed E-state index contributed by atoms with van der Waals surface area (Å²) >= 11 is 0. The van der Waals surface area contributed by atoms with E-state index in [-0.39, 0.29) is 5.78 Å². The number of anilines is 1. The highest BCUT2D eigenvalue weighted by Crippen LogP contribution is 2.25. The predicted molar refractivity (Wildman–Crippen MR) is 107 cm³/mol. The van der Waals surface area contributed by atoms with Crippen LogP contribution < -0.4 is 4.90 Å². The Hall–Kier alpha value is -2.71. The lowest BCUT2D eigenvalue weighted by molar-refractivity contribution is 0.101. The summed E-state index contributed by atoms with van der Waals surface area (Å²) in [6.45, 7) is 12.2. The third-order valence-corrected chi connectivity index (χ3v) is 5.44. The van der Waals surface area contributed by atoms with Gasteiger partial charge in [-0.3, -0.25) is 9.69 Å². The molecule has 0 amide bonds. The quantitative estimate of drug-likeness (QED) is 0.780. The van der Waals surface area contributed by atoms with Crippen LogP contribution in [0, 0.1) is 32.1 Å². The zero-order chi connectivity index (χ0) is 19.6. The van der Waals surface area contributed by atoms with Gasteiger partial charge in [-0.25, -0.2) is 4.98 Å². The highest BCUT2D eigenvalue weighted by molar-refractivity contribution is 5.97. The van der Waals surface area contributed by atoms with Gasteiger partial charge in [0.15, 0.2) is 5.78 Å². The Balaban J connectivity index is 1.74. The Morgan fingerprint density at radius 2 is 1.89 bits per heavy atom. The number of aromatic nitrogens is 1. The van der Waals surface area contributed by atoms with Crippen molar-refractivity contribution in [1.82, 2.24) is 9.88 Å². The number of aryl methyl sites for hydroxylation is 2. The molecule has 5 nitrogen and oxygen atoms in total. The van der Waals surface area contributed by atoms with Crippen LogP contribution in [0.2, 0.25) is 0 Å². The van der Waals surface area contributed by atoms with E-state index in [0.717, 1.165) is 55.2 Å². The molecule has 0 unspecified atom stereocenters. The fraction of sp³-hybridized carbons (Fsp3) is 0.409. The Kier molecular flexibility index (Phi) is 5.57. The van der Waals surface area contributed by atoms with Gasteiger partial charge >= 0.3 is 0 Å². The smallest absolute Gasteiger partial charge is 0.160 e. The van der Waals surface area contributed by atoms with Crippen molar-refractivity contribution in [2.75, 3.05) is 31.1 Å². The van der Waals surface area contributed by atoms with Crippen molar-refractivity contribution in [3.63, 3.8) is 0 Å². The first kappa shape index (κ1) is 19.1. The normalized spacial score (nSPS) is 14.9. The number of benzene rings is 1. The number of hydrogen-bond donors (Lipinski definition) is 0. The van der Waals surface area contributed by atoms with Gasteiger partial charge in [-0.15, -0.1) is 0 Å². The molecule has 140 valence electrons. The molecule has 0 bridgehead atoms. The molecule has 27 heavy (non-hydrogen) atoms. The van der Waals surface area contributed by atoms with Gasteiger partial charge in [-0.05, 0) is 62.1 Å². The second-order valence-corrected chi connectivity index (χ2v) is 7.29. The monoisotopic (exact) mass is 362 g/mol. The molecule has 1 saturated heterocycles. The average Bonchev–Trinajstić information content (AvgIpc) is 2.65. The van der Waals surface area contributed by atoms with E-state index in [2.05, 4.69) is 40.8 Å². The lowest BCUT2D eigenvalue weighted by atomic mass is 9.91. The molecule has 3 rings (SSSR count). The van der Waals surface area contributed by atoms with Crippen molar-refractivity contribution in [1.29, 1.82) is 5.26 Å². The van der Waals surface area contributed by atoms with Crippen molar-refractivity contribution < 1.29 is 4.79 Å². The van der Waals surface area contributed by atoms with E-state index in [1.54, 1.807) is 19.2 Å². The van der Waals surface area contributed by atoms with Crippen LogP contribution in [0.3, 0.4) is 0 Å². The summed E-state index contributed by atoms with van der Waals surface area (Å²) < 4.78 is 0. The summed E-state index contributed by atoms with van der Waals surface area (Å²) in [5.74, 6) is 0.913. The van der Waals surface area contributed by atoms with Crippen LogP contribution in [-0.2, 0) is 6.54 Å². The SMILES string of the molecule is CC(=O)c1c(C)cc(C)c(CN2CCN(c3ncccc3C#N)CC2)c1C. The molecule has 1 aliphatic rings. The summed E-state index contributed by atoms with van der Waals surface area (Å²) in [5.41, 5.74) is 6.16. The third-order valence-electron chi connectivity index (χ3n) is 5.44. The fourth-order valence-corrected chi connectivity index (χ4v) is 4.09. The van der Waals surface area contributed by atoms with E-state index in [9.17, 15) is 10.1 Å². The number of Topliss-reactive ketones (excluding diaryl/α,β-unsaturated/α-hetero) is 1. The molecular formula is C22H26N4O. The van der Waals surface area contributed by atoms with Gasteiger partial charge in [-0.1, -0.05) is 6.07 Å². The molecule has 0 atom stereocenters. The molecule has 1 aliphatic heterocycles. The Morgan fingerprint density at radius 3 is 2.52 bits per heavy atom. The first-order valence-electron chi connectivity index (χ1n) is 9.35. The first-order valence-corrected chi connectivity index (χ1v) is 9.35. The van der Waals surface area contributed by atoms with E-state index < -0.39 is 0 Å². The maximum absolute atomic E-state index is 12.0. The molecule has 1 aromatic carbocycles. The standard InChI is InChI=1S/C22H26N4O/c1-15-12-16(2)21(18(4)27)17(3)20(15)14-25-8-10-26(11-9-25)22-19(13-23)6-5-7-24-22/h5-7,12H,8-11,14H2,1-4H3. The third kappa shape index (κ3) is 3.86. The van der Waals surface area contributed by atoms with Crippen LogP contribution in [0.1, 0.15) is 45.1 Å². The van der Waals surface area contributed by atoms with Gasteiger partial charge in [0.25, 0.3) is 0 Å². The van der Waals surface area contributed by atoms with Gasteiger partial charge < -0.3 is 4.90 Å². The number of carbonyl (C=O) groups excluding carboxylic acids is 1. The largest absolute Gasteiger partial charge is 0.353 e. The van der Waals surface area contributed by atoms with E-state index in [0.29, 0.717) is 5.56 Å². The van der Waals surface area contributed by atoms with Crippen molar-refractivity contribution in [3.8, 4) is 6.07 Å². The zero-order valence-corrected chi connectivity index (χ0v) is 16.5. The highest BCUT2D eigenvalue weighted by Gasteiger charge is 2.22. The number of hydrogen-bond acceptors (Lipinski definition) is 5. The minimum absolute atomic E-state index is 0.134. The van der Waals surface area contributed by atoms with E-state index in [1.165, 1.54) is 11.1 Å². The molecule has 0 saturated carbocycles. The molecule has 2 aromatic rings. The van der Waals surface area contributed by atoms with Gasteiger partial charge in [0.2, 0.25) is 0 Å². The summed E-state index contributed by atoms with van der Waals surface area (Å²) in [6.07, 6.45) is 1.74. The molecule has 0 N–H and O–H groups in total. The molecule has 0 aliphatic carbocycles. The molecule has 1 aromatic heterocycles. The summed E-state index contributed by atoms with van der Waals surface area (Å²) in [6, 6.07) is 7.97. The van der Waals surface area contributed by atoms with Crippen molar-refractivity contribution in [3.05, 3.63) is 57.8 Å². The number of rotatable bonds is 4. The fourth-order valence-electron chi connectivity index (χ4n) is 4.09. The van der Waals surface area contributed by atoms with Gasteiger partial charge in [-0.2, -0.15) is 5.26 Å². The number of nitrogens with zero attached hydrogens (tertiary/aromatic N) is 4. The van der Waals surface area contributed by atoms with E-state index in [4.69, 9.17) is 0 Å². The zero-order valence-electron chi connectivity index (χ0n) is 16.5. The Morgan fingerprint density at radius 1 is 1.19 bits per heavy atom. The minimum atomic E-state index is 0.134. The predicted octanol–water partition coefficient (Wildman–Crippen LogP) is 3.40. The molecule has 0 spiro atoms. The van der Waals surface area contributed by atoms with Crippen LogP contribution in [0.4, 0.5) is 5.82 Å². The molecule has 5 heteroatoms. The van der Waals surface area contributed by atoms with Gasteiger partial charge in [0, 0.05) is 44.5 Å². The Bertz CT molecular complexity index is 905. The topological polar surface area (TPSA) is 60.2 Å². The van der Waals surface area contributed by atoms with E-state index >= 15 is 0 Å². The van der Waals surface area contributed by atoms with Crippen molar-refractivity contribution in [2.45, 2.75) is 34.2 Å². The number of nitriles is 1. The molecule has 1 fully saturated rings. The number of pyridine rings is 1. The molecule has 0 radical (unpaired) electrons. The second kappa shape index (κ2) is 7.89. The minimum Gasteiger partial charge on any atom is -0.353 e. The number of piperazine rings is 1. The maximum atomic E-state index is 12.0. The first-order chi connectivity index (χ1) is 12.9. The average molecular weight is 362 g/mol.